The van der Waals surface area contributed by atoms with Crippen LogP contribution in [0.4, 0.5) is 0 Å². The van der Waals surface area contributed by atoms with Gasteiger partial charge < -0.3 is 9.64 Å². The Morgan fingerprint density at radius 3 is 2.72 bits per heavy atom. The number of hydrogen-bond donors (Lipinski definition) is 0. The topological polar surface area (TPSA) is 32.8 Å². The van der Waals surface area contributed by atoms with Gasteiger partial charge in [-0.15, -0.1) is 0 Å². The summed E-state index contributed by atoms with van der Waals surface area (Å²) in [6.45, 7) is 4.83. The summed E-state index contributed by atoms with van der Waals surface area (Å²) in [6.07, 6.45) is 6.33. The fourth-order valence-corrected chi connectivity index (χ4v) is 4.25. The molecule has 25 heavy (non-hydrogen) atoms. The van der Waals surface area contributed by atoms with Crippen molar-refractivity contribution in [3.05, 3.63) is 35.9 Å². The zero-order chi connectivity index (χ0) is 17.5. The number of piperidine rings is 1. The quantitative estimate of drug-likeness (QED) is 0.678. The Balaban J connectivity index is 1.51. The van der Waals surface area contributed by atoms with Crippen LogP contribution in [0.2, 0.25) is 0 Å². The second kappa shape index (κ2) is 9.35. The van der Waals surface area contributed by atoms with Gasteiger partial charge in [0.25, 0.3) is 0 Å². The van der Waals surface area contributed by atoms with Crippen LogP contribution in [0.1, 0.15) is 44.1 Å². The fourth-order valence-electron chi connectivity index (χ4n) is 4.25. The summed E-state index contributed by atoms with van der Waals surface area (Å²) in [4.78, 5) is 17.4. The van der Waals surface area contributed by atoms with E-state index in [1.807, 2.05) is 0 Å². The zero-order valence-electron chi connectivity index (χ0n) is 15.5. The largest absolute Gasteiger partial charge is 0.385 e. The SMILES string of the molecule is COCCCCCC(=O)N1C[C@H]2CC[C@@H](C1)N(Cc1ccccc1)C2. The molecule has 0 spiro atoms. The molecule has 3 heterocycles. The van der Waals surface area contributed by atoms with Crippen LogP contribution in [-0.2, 0) is 16.1 Å². The van der Waals surface area contributed by atoms with E-state index in [2.05, 4.69) is 40.1 Å². The van der Waals surface area contributed by atoms with Gasteiger partial charge in [-0.05, 0) is 37.2 Å². The van der Waals surface area contributed by atoms with Gasteiger partial charge in [0.2, 0.25) is 5.91 Å². The number of fused-ring (bicyclic) bond motifs is 4. The lowest BCUT2D eigenvalue weighted by molar-refractivity contribution is -0.131. The van der Waals surface area contributed by atoms with Gasteiger partial charge in [-0.1, -0.05) is 36.8 Å². The van der Waals surface area contributed by atoms with E-state index in [4.69, 9.17) is 4.74 Å². The minimum Gasteiger partial charge on any atom is -0.385 e. The number of methoxy groups -OCH3 is 1. The standard InChI is InChI=1S/C21H32N2O2/c1-25-13-7-3-6-10-21(24)23-16-19-11-12-20(17-23)22(15-19)14-18-8-4-2-5-9-18/h2,4-5,8-9,19-20H,3,6-7,10-17H2,1H3/t19-,20-/m0/s1. The number of carbonyl (C=O) groups is 1. The minimum absolute atomic E-state index is 0.357. The molecule has 4 nitrogen and oxygen atoms in total. The molecule has 0 saturated carbocycles. The van der Waals surface area contributed by atoms with Crippen LogP contribution in [0.3, 0.4) is 0 Å². The van der Waals surface area contributed by atoms with E-state index < -0.39 is 0 Å². The summed E-state index contributed by atoms with van der Waals surface area (Å²) in [7, 11) is 1.74. The Hall–Kier alpha value is -1.39. The van der Waals surface area contributed by atoms with Crippen molar-refractivity contribution in [3.8, 4) is 0 Å². The molecule has 2 atom stereocenters. The summed E-state index contributed by atoms with van der Waals surface area (Å²) < 4.78 is 5.08. The Labute approximate surface area is 152 Å². The van der Waals surface area contributed by atoms with Gasteiger partial charge in [0.05, 0.1) is 0 Å². The summed E-state index contributed by atoms with van der Waals surface area (Å²) in [5.41, 5.74) is 1.38. The van der Waals surface area contributed by atoms with E-state index in [-0.39, 0.29) is 0 Å². The molecular weight excluding hydrogens is 312 g/mol. The average molecular weight is 344 g/mol. The summed E-state index contributed by atoms with van der Waals surface area (Å²) in [6, 6.07) is 11.3. The maximum atomic E-state index is 12.6. The predicted octanol–water partition coefficient (Wildman–Crippen LogP) is 3.32. The van der Waals surface area contributed by atoms with Crippen LogP contribution in [0.15, 0.2) is 30.3 Å². The highest BCUT2D eigenvalue weighted by Crippen LogP contribution is 2.29. The number of unbranched alkanes of at least 4 members (excludes halogenated alkanes) is 2. The van der Waals surface area contributed by atoms with E-state index in [0.29, 0.717) is 24.3 Å². The summed E-state index contributed by atoms with van der Waals surface area (Å²) >= 11 is 0. The van der Waals surface area contributed by atoms with Crippen LogP contribution in [0.25, 0.3) is 0 Å². The molecule has 4 rings (SSSR count). The number of benzene rings is 1. The van der Waals surface area contributed by atoms with Crippen molar-refractivity contribution in [2.75, 3.05) is 33.4 Å². The van der Waals surface area contributed by atoms with Crippen LogP contribution < -0.4 is 0 Å². The second-order valence-electron chi connectivity index (χ2n) is 7.61. The normalized spacial score (nSPS) is 23.6. The van der Waals surface area contributed by atoms with Crippen molar-refractivity contribution in [1.82, 2.24) is 9.80 Å². The lowest BCUT2D eigenvalue weighted by atomic mass is 9.94. The Morgan fingerprint density at radius 1 is 1.08 bits per heavy atom. The molecule has 3 saturated heterocycles. The first kappa shape index (κ1) is 18.4. The number of hydrogen-bond acceptors (Lipinski definition) is 3. The number of amides is 1. The smallest absolute Gasteiger partial charge is 0.222 e. The Kier molecular flexibility index (Phi) is 6.88. The second-order valence-corrected chi connectivity index (χ2v) is 7.61. The van der Waals surface area contributed by atoms with Gasteiger partial charge in [-0.2, -0.15) is 0 Å². The molecule has 0 N–H and O–H groups in total. The summed E-state index contributed by atoms with van der Waals surface area (Å²) in [5.74, 6) is 0.996. The maximum absolute atomic E-state index is 12.6. The number of nitrogens with zero attached hydrogens (tertiary/aromatic N) is 2. The van der Waals surface area contributed by atoms with Crippen molar-refractivity contribution in [3.63, 3.8) is 0 Å². The van der Waals surface area contributed by atoms with Gasteiger partial charge in [0.1, 0.15) is 0 Å². The zero-order valence-corrected chi connectivity index (χ0v) is 15.5. The van der Waals surface area contributed by atoms with Gasteiger partial charge in [-0.3, -0.25) is 9.69 Å². The highest BCUT2D eigenvalue weighted by Gasteiger charge is 2.36. The molecule has 0 aromatic heterocycles. The number of ether oxygens (including phenoxy) is 1. The fraction of sp³-hybridized carbons (Fsp3) is 0.667. The van der Waals surface area contributed by atoms with Crippen molar-refractivity contribution < 1.29 is 9.53 Å². The highest BCUT2D eigenvalue weighted by atomic mass is 16.5. The lowest BCUT2D eigenvalue weighted by Gasteiger charge is -2.36. The highest BCUT2D eigenvalue weighted by molar-refractivity contribution is 5.76. The van der Waals surface area contributed by atoms with E-state index >= 15 is 0 Å². The molecule has 0 aliphatic carbocycles. The van der Waals surface area contributed by atoms with Crippen LogP contribution in [0, 0.1) is 5.92 Å². The van der Waals surface area contributed by atoms with Gasteiger partial charge >= 0.3 is 0 Å². The molecule has 3 aliphatic rings. The third-order valence-electron chi connectivity index (χ3n) is 5.65. The monoisotopic (exact) mass is 344 g/mol. The molecule has 3 fully saturated rings. The van der Waals surface area contributed by atoms with Crippen molar-refractivity contribution >= 4 is 5.91 Å². The van der Waals surface area contributed by atoms with Crippen LogP contribution in [-0.4, -0.2) is 55.1 Å². The third kappa shape index (κ3) is 5.29. The van der Waals surface area contributed by atoms with Gasteiger partial charge in [0, 0.05) is 52.4 Å². The molecule has 1 aromatic rings. The van der Waals surface area contributed by atoms with Gasteiger partial charge in [0.15, 0.2) is 0 Å². The number of carbonyl (C=O) groups excluding carboxylic acids is 1. The minimum atomic E-state index is 0.357. The maximum Gasteiger partial charge on any atom is 0.222 e. The predicted molar refractivity (Wildman–Crippen MR) is 100 cm³/mol. The molecule has 1 amide bonds. The third-order valence-corrected chi connectivity index (χ3v) is 5.65. The van der Waals surface area contributed by atoms with E-state index in [1.165, 1.54) is 18.4 Å². The van der Waals surface area contributed by atoms with E-state index in [1.54, 1.807) is 7.11 Å². The van der Waals surface area contributed by atoms with E-state index in [0.717, 1.165) is 52.0 Å². The molecule has 138 valence electrons. The van der Waals surface area contributed by atoms with Crippen molar-refractivity contribution in [2.45, 2.75) is 51.1 Å². The first-order valence-electron chi connectivity index (χ1n) is 9.81. The van der Waals surface area contributed by atoms with Crippen molar-refractivity contribution in [1.29, 1.82) is 0 Å². The molecular formula is C21H32N2O2. The van der Waals surface area contributed by atoms with E-state index in [9.17, 15) is 4.79 Å². The van der Waals surface area contributed by atoms with Gasteiger partial charge in [-0.25, -0.2) is 0 Å². The average Bonchev–Trinajstić information content (AvgIpc) is 2.94. The lowest BCUT2D eigenvalue weighted by Crippen LogP contribution is -2.43. The molecule has 2 bridgehead atoms. The number of rotatable bonds is 8. The molecule has 0 radical (unpaired) electrons. The molecule has 4 heteroatoms. The van der Waals surface area contributed by atoms with Crippen LogP contribution in [0.5, 0.6) is 0 Å². The first-order valence-corrected chi connectivity index (χ1v) is 9.81. The molecule has 1 aromatic carbocycles. The first-order chi connectivity index (χ1) is 12.3. The van der Waals surface area contributed by atoms with Crippen molar-refractivity contribution in [2.24, 2.45) is 5.92 Å². The molecule has 3 aliphatic heterocycles. The summed E-state index contributed by atoms with van der Waals surface area (Å²) in [5, 5.41) is 0. The van der Waals surface area contributed by atoms with Crippen LogP contribution >= 0.6 is 0 Å². The Morgan fingerprint density at radius 2 is 1.92 bits per heavy atom. The Bertz CT molecular complexity index is 534. The molecule has 0 unspecified atom stereocenters.